The van der Waals surface area contributed by atoms with Gasteiger partial charge in [0.15, 0.2) is 5.82 Å². The van der Waals surface area contributed by atoms with E-state index >= 15 is 0 Å². The molecule has 1 saturated heterocycles. The van der Waals surface area contributed by atoms with Gasteiger partial charge in [0.25, 0.3) is 0 Å². The maximum atomic E-state index is 9.31. The quantitative estimate of drug-likeness (QED) is 0.836. The third kappa shape index (κ3) is 3.35. The highest BCUT2D eigenvalue weighted by atomic mass is 16.3. The van der Waals surface area contributed by atoms with E-state index in [9.17, 15) is 5.11 Å². The summed E-state index contributed by atoms with van der Waals surface area (Å²) in [5.74, 6) is 0.949. The van der Waals surface area contributed by atoms with Gasteiger partial charge >= 0.3 is 0 Å². The number of aromatic nitrogens is 2. The number of hydrogen-bond acceptors (Lipinski definition) is 5. The van der Waals surface area contributed by atoms with Gasteiger partial charge < -0.3 is 15.7 Å². The van der Waals surface area contributed by atoms with Crippen LogP contribution in [0.5, 0.6) is 0 Å². The first-order valence-corrected chi connectivity index (χ1v) is 8.21. The number of rotatable bonds is 6. The standard InChI is InChI=1S/C16H28N4O/c1-3-13-14(11-17)16(19-18-15(13)4-2)20-9-6-5-7-12(20)8-10-21/h12,21H,3-11,17H2,1-2H3. The smallest absolute Gasteiger partial charge is 0.156 e. The molecular weight excluding hydrogens is 264 g/mol. The van der Waals surface area contributed by atoms with E-state index in [0.717, 1.165) is 49.3 Å². The Labute approximate surface area is 127 Å². The molecule has 3 N–H and O–H groups in total. The van der Waals surface area contributed by atoms with Gasteiger partial charge in [-0.2, -0.15) is 5.10 Å². The van der Waals surface area contributed by atoms with Crippen molar-refractivity contribution in [2.45, 2.75) is 65.0 Å². The molecule has 0 bridgehead atoms. The van der Waals surface area contributed by atoms with Crippen LogP contribution < -0.4 is 10.6 Å². The fourth-order valence-electron chi connectivity index (χ4n) is 3.41. The van der Waals surface area contributed by atoms with E-state index in [1.54, 1.807) is 0 Å². The number of aryl methyl sites for hydroxylation is 1. The Kier molecular flexibility index (Phi) is 5.94. The lowest BCUT2D eigenvalue weighted by Gasteiger charge is -2.37. The van der Waals surface area contributed by atoms with Crippen LogP contribution in [0.4, 0.5) is 5.82 Å². The molecule has 5 nitrogen and oxygen atoms in total. The molecule has 1 aromatic rings. The predicted octanol–water partition coefficient (Wildman–Crippen LogP) is 1.80. The van der Waals surface area contributed by atoms with E-state index in [2.05, 4.69) is 28.9 Å². The molecule has 0 radical (unpaired) electrons. The predicted molar refractivity (Wildman–Crippen MR) is 85.4 cm³/mol. The number of nitrogens with two attached hydrogens (primary N) is 1. The van der Waals surface area contributed by atoms with Gasteiger partial charge in [0, 0.05) is 31.3 Å². The monoisotopic (exact) mass is 292 g/mol. The number of aliphatic hydroxyl groups excluding tert-OH is 1. The zero-order chi connectivity index (χ0) is 15.2. The van der Waals surface area contributed by atoms with Crippen LogP contribution in [-0.4, -0.2) is 34.5 Å². The highest BCUT2D eigenvalue weighted by Crippen LogP contribution is 2.30. The van der Waals surface area contributed by atoms with Gasteiger partial charge in [-0.15, -0.1) is 5.10 Å². The third-order valence-electron chi connectivity index (χ3n) is 4.50. The van der Waals surface area contributed by atoms with E-state index in [4.69, 9.17) is 5.73 Å². The Morgan fingerprint density at radius 3 is 2.62 bits per heavy atom. The molecule has 0 aromatic carbocycles. The van der Waals surface area contributed by atoms with Gasteiger partial charge in [-0.1, -0.05) is 13.8 Å². The summed E-state index contributed by atoms with van der Waals surface area (Å²) in [6.07, 6.45) is 6.14. The Morgan fingerprint density at radius 2 is 2.00 bits per heavy atom. The Bertz CT molecular complexity index is 462. The summed E-state index contributed by atoms with van der Waals surface area (Å²) in [6.45, 7) is 5.98. The van der Waals surface area contributed by atoms with Crippen molar-refractivity contribution < 1.29 is 5.11 Å². The van der Waals surface area contributed by atoms with Crippen molar-refractivity contribution in [1.82, 2.24) is 10.2 Å². The van der Waals surface area contributed by atoms with Crippen molar-refractivity contribution in [3.8, 4) is 0 Å². The Balaban J connectivity index is 2.41. The minimum atomic E-state index is 0.222. The van der Waals surface area contributed by atoms with Crippen LogP contribution in [0.2, 0.25) is 0 Å². The number of piperidine rings is 1. The molecule has 21 heavy (non-hydrogen) atoms. The summed E-state index contributed by atoms with van der Waals surface area (Å²) in [6, 6.07) is 0.362. The lowest BCUT2D eigenvalue weighted by molar-refractivity contribution is 0.262. The van der Waals surface area contributed by atoms with Gasteiger partial charge in [-0.05, 0) is 44.1 Å². The number of nitrogens with zero attached hydrogens (tertiary/aromatic N) is 3. The van der Waals surface area contributed by atoms with Crippen LogP contribution in [-0.2, 0) is 19.4 Å². The number of anilines is 1. The molecule has 0 saturated carbocycles. The van der Waals surface area contributed by atoms with Gasteiger partial charge in [0.2, 0.25) is 0 Å². The maximum Gasteiger partial charge on any atom is 0.156 e. The molecule has 1 fully saturated rings. The fraction of sp³-hybridized carbons (Fsp3) is 0.750. The first-order valence-electron chi connectivity index (χ1n) is 8.21. The fourth-order valence-corrected chi connectivity index (χ4v) is 3.41. The average Bonchev–Trinajstić information content (AvgIpc) is 2.54. The van der Waals surface area contributed by atoms with E-state index in [1.165, 1.54) is 18.4 Å². The average molecular weight is 292 g/mol. The summed E-state index contributed by atoms with van der Waals surface area (Å²) < 4.78 is 0. The van der Waals surface area contributed by atoms with Crippen molar-refractivity contribution in [2.75, 3.05) is 18.1 Å². The van der Waals surface area contributed by atoms with Gasteiger partial charge in [0.05, 0.1) is 5.69 Å². The van der Waals surface area contributed by atoms with Crippen molar-refractivity contribution in [3.05, 3.63) is 16.8 Å². The van der Waals surface area contributed by atoms with Crippen LogP contribution in [0.3, 0.4) is 0 Å². The van der Waals surface area contributed by atoms with E-state index in [-0.39, 0.29) is 6.61 Å². The minimum absolute atomic E-state index is 0.222. The zero-order valence-corrected chi connectivity index (χ0v) is 13.3. The molecule has 2 rings (SSSR count). The zero-order valence-electron chi connectivity index (χ0n) is 13.3. The second-order valence-electron chi connectivity index (χ2n) is 5.69. The van der Waals surface area contributed by atoms with Crippen LogP contribution in [0.25, 0.3) is 0 Å². The van der Waals surface area contributed by atoms with Crippen molar-refractivity contribution in [1.29, 1.82) is 0 Å². The first kappa shape index (κ1) is 16.2. The van der Waals surface area contributed by atoms with Gasteiger partial charge in [0.1, 0.15) is 0 Å². The molecule has 5 heteroatoms. The van der Waals surface area contributed by atoms with Crippen LogP contribution in [0.1, 0.15) is 56.4 Å². The molecule has 1 aliphatic rings. The second kappa shape index (κ2) is 7.71. The van der Waals surface area contributed by atoms with Gasteiger partial charge in [-0.3, -0.25) is 0 Å². The second-order valence-corrected chi connectivity index (χ2v) is 5.69. The van der Waals surface area contributed by atoms with E-state index < -0.39 is 0 Å². The lowest BCUT2D eigenvalue weighted by atomic mass is 9.97. The van der Waals surface area contributed by atoms with Crippen molar-refractivity contribution in [3.63, 3.8) is 0 Å². The summed E-state index contributed by atoms with van der Waals surface area (Å²) >= 11 is 0. The largest absolute Gasteiger partial charge is 0.396 e. The molecule has 0 amide bonds. The lowest BCUT2D eigenvalue weighted by Crippen LogP contribution is -2.41. The van der Waals surface area contributed by atoms with Crippen LogP contribution in [0, 0.1) is 0 Å². The molecule has 1 aromatic heterocycles. The molecule has 1 atom stereocenters. The molecule has 1 unspecified atom stereocenters. The summed E-state index contributed by atoms with van der Waals surface area (Å²) in [5.41, 5.74) is 9.51. The molecule has 118 valence electrons. The summed E-state index contributed by atoms with van der Waals surface area (Å²) in [4.78, 5) is 2.33. The topological polar surface area (TPSA) is 75.3 Å². The third-order valence-corrected chi connectivity index (χ3v) is 4.50. The van der Waals surface area contributed by atoms with Crippen LogP contribution >= 0.6 is 0 Å². The summed E-state index contributed by atoms with van der Waals surface area (Å²) in [5, 5.41) is 18.2. The highest BCUT2D eigenvalue weighted by Gasteiger charge is 2.26. The summed E-state index contributed by atoms with van der Waals surface area (Å²) in [7, 11) is 0. The first-order chi connectivity index (χ1) is 10.3. The van der Waals surface area contributed by atoms with Gasteiger partial charge in [-0.25, -0.2) is 0 Å². The van der Waals surface area contributed by atoms with Crippen molar-refractivity contribution in [2.24, 2.45) is 5.73 Å². The Morgan fingerprint density at radius 1 is 1.19 bits per heavy atom. The Hall–Kier alpha value is -1.20. The highest BCUT2D eigenvalue weighted by molar-refractivity contribution is 5.52. The molecule has 0 aliphatic carbocycles. The molecule has 1 aliphatic heterocycles. The van der Waals surface area contributed by atoms with E-state index in [0.29, 0.717) is 12.6 Å². The molecular formula is C16H28N4O. The minimum Gasteiger partial charge on any atom is -0.396 e. The maximum absolute atomic E-state index is 9.31. The van der Waals surface area contributed by atoms with E-state index in [1.807, 2.05) is 0 Å². The normalized spacial score (nSPS) is 19.0. The number of hydrogen-bond donors (Lipinski definition) is 2. The molecule has 0 spiro atoms. The van der Waals surface area contributed by atoms with Crippen molar-refractivity contribution >= 4 is 5.82 Å². The molecule has 2 heterocycles. The number of aliphatic hydroxyl groups is 1. The van der Waals surface area contributed by atoms with Crippen LogP contribution in [0.15, 0.2) is 0 Å². The SMILES string of the molecule is CCc1nnc(N2CCCCC2CCO)c(CN)c1CC.